The molecular formula is C17H22F3N. The minimum atomic E-state index is -4.25. The second-order valence-electron chi connectivity index (χ2n) is 6.88. The van der Waals surface area contributed by atoms with Crippen LogP contribution in [0.5, 0.6) is 0 Å². The highest BCUT2D eigenvalue weighted by atomic mass is 19.4. The molecule has 1 nitrogen and oxygen atoms in total. The lowest BCUT2D eigenvalue weighted by Gasteiger charge is -2.40. The molecule has 1 atom stereocenters. The maximum absolute atomic E-state index is 12.6. The highest BCUT2D eigenvalue weighted by Gasteiger charge is 2.39. The molecule has 1 saturated heterocycles. The Hall–Kier alpha value is -1.19. The van der Waals surface area contributed by atoms with E-state index in [1.165, 1.54) is 44.2 Å². The lowest BCUT2D eigenvalue weighted by atomic mass is 9.76. The first-order valence-corrected chi connectivity index (χ1v) is 7.80. The fraction of sp³-hybridized carbons (Fsp3) is 0.647. The van der Waals surface area contributed by atoms with E-state index >= 15 is 0 Å². The Labute approximate surface area is 124 Å². The van der Waals surface area contributed by atoms with Gasteiger partial charge in [0.15, 0.2) is 0 Å². The number of nitrogens with zero attached hydrogens (tertiary/aromatic N) is 1. The molecule has 1 aromatic rings. The molecule has 0 amide bonds. The van der Waals surface area contributed by atoms with Crippen LogP contribution in [-0.2, 0) is 6.18 Å². The van der Waals surface area contributed by atoms with E-state index in [9.17, 15) is 13.2 Å². The number of piperidine rings is 1. The normalized spacial score (nSPS) is 25.5. The third-order valence-corrected chi connectivity index (χ3v) is 5.33. The molecule has 1 aliphatic heterocycles. The van der Waals surface area contributed by atoms with Gasteiger partial charge >= 0.3 is 6.18 Å². The van der Waals surface area contributed by atoms with Crippen LogP contribution in [-0.4, -0.2) is 13.1 Å². The lowest BCUT2D eigenvalue weighted by Crippen LogP contribution is -2.39. The minimum absolute atomic E-state index is 0.516. The van der Waals surface area contributed by atoms with E-state index in [1.807, 2.05) is 0 Å². The van der Waals surface area contributed by atoms with Crippen LogP contribution >= 0.6 is 0 Å². The van der Waals surface area contributed by atoms with Crippen LogP contribution in [0.3, 0.4) is 0 Å². The minimum Gasteiger partial charge on any atom is -0.371 e. The van der Waals surface area contributed by atoms with Crippen molar-refractivity contribution < 1.29 is 13.2 Å². The Morgan fingerprint density at radius 1 is 1.05 bits per heavy atom. The topological polar surface area (TPSA) is 3.24 Å². The number of hydrogen-bond donors (Lipinski definition) is 0. The largest absolute Gasteiger partial charge is 0.416 e. The molecule has 2 fully saturated rings. The van der Waals surface area contributed by atoms with Gasteiger partial charge in [0.05, 0.1) is 5.56 Å². The van der Waals surface area contributed by atoms with Crippen molar-refractivity contribution in [3.63, 3.8) is 0 Å². The van der Waals surface area contributed by atoms with Crippen molar-refractivity contribution in [2.24, 2.45) is 11.3 Å². The summed E-state index contributed by atoms with van der Waals surface area (Å²) in [5, 5.41) is 0. The van der Waals surface area contributed by atoms with Crippen molar-refractivity contribution in [1.82, 2.24) is 0 Å². The van der Waals surface area contributed by atoms with Gasteiger partial charge < -0.3 is 4.90 Å². The van der Waals surface area contributed by atoms with Crippen molar-refractivity contribution in [3.8, 4) is 0 Å². The zero-order chi connectivity index (χ0) is 15.1. The summed E-state index contributed by atoms with van der Waals surface area (Å²) in [7, 11) is 0. The third-order valence-electron chi connectivity index (χ3n) is 5.33. The van der Waals surface area contributed by atoms with Crippen molar-refractivity contribution in [2.75, 3.05) is 18.0 Å². The van der Waals surface area contributed by atoms with Gasteiger partial charge in [-0.05, 0) is 61.3 Å². The van der Waals surface area contributed by atoms with Gasteiger partial charge in [0, 0.05) is 18.8 Å². The number of rotatable bonds is 1. The Bertz CT molecular complexity index is 484. The zero-order valence-corrected chi connectivity index (χ0v) is 12.4. The summed E-state index contributed by atoms with van der Waals surface area (Å²) in [6, 6.07) is 5.60. The molecule has 0 N–H and O–H groups in total. The van der Waals surface area contributed by atoms with Crippen LogP contribution in [0.2, 0.25) is 0 Å². The van der Waals surface area contributed by atoms with E-state index < -0.39 is 11.7 Å². The Morgan fingerprint density at radius 2 is 1.67 bits per heavy atom. The van der Waals surface area contributed by atoms with Gasteiger partial charge in [-0.2, -0.15) is 13.2 Å². The van der Waals surface area contributed by atoms with E-state index in [-0.39, 0.29) is 0 Å². The first kappa shape index (κ1) is 14.7. The molecule has 0 aromatic heterocycles. The van der Waals surface area contributed by atoms with Crippen molar-refractivity contribution in [3.05, 3.63) is 29.8 Å². The number of halogens is 3. The molecule has 3 rings (SSSR count). The number of alkyl halides is 3. The standard InChI is InChI=1S/C17H22F3N/c1-13-6-7-16(12-13)8-10-21(11-9-16)15-4-2-14(3-5-15)17(18,19)20/h2-5,13H,6-12H2,1H3. The Balaban J connectivity index is 1.64. The molecular weight excluding hydrogens is 275 g/mol. The number of benzene rings is 1. The summed E-state index contributed by atoms with van der Waals surface area (Å²) < 4.78 is 37.8. The van der Waals surface area contributed by atoms with Crippen molar-refractivity contribution >= 4 is 5.69 Å². The molecule has 4 heteroatoms. The second-order valence-corrected chi connectivity index (χ2v) is 6.88. The third kappa shape index (κ3) is 3.04. The Kier molecular flexibility index (Phi) is 3.66. The van der Waals surface area contributed by atoms with Crippen molar-refractivity contribution in [2.45, 2.75) is 45.2 Å². The quantitative estimate of drug-likeness (QED) is 0.696. The molecule has 1 unspecified atom stereocenters. The molecule has 1 saturated carbocycles. The number of hydrogen-bond acceptors (Lipinski definition) is 1. The highest BCUT2D eigenvalue weighted by Crippen LogP contribution is 2.49. The fourth-order valence-electron chi connectivity index (χ4n) is 4.05. The van der Waals surface area contributed by atoms with Crippen LogP contribution in [0.25, 0.3) is 0 Å². The summed E-state index contributed by atoms with van der Waals surface area (Å²) in [5.74, 6) is 0.836. The van der Waals surface area contributed by atoms with E-state index in [2.05, 4.69) is 11.8 Å². The first-order chi connectivity index (χ1) is 9.88. The van der Waals surface area contributed by atoms with Crippen LogP contribution in [0.4, 0.5) is 18.9 Å². The van der Waals surface area contributed by atoms with Gasteiger partial charge in [-0.25, -0.2) is 0 Å². The molecule has 116 valence electrons. The molecule has 1 aromatic carbocycles. The summed E-state index contributed by atoms with van der Waals surface area (Å²) >= 11 is 0. The molecule has 1 spiro atoms. The summed E-state index contributed by atoms with van der Waals surface area (Å²) in [6.45, 7) is 4.27. The van der Waals surface area contributed by atoms with Crippen LogP contribution in [0.1, 0.15) is 44.6 Å². The average Bonchev–Trinajstić information content (AvgIpc) is 2.80. The lowest BCUT2D eigenvalue weighted by molar-refractivity contribution is -0.137. The van der Waals surface area contributed by atoms with Gasteiger partial charge in [0.2, 0.25) is 0 Å². The van der Waals surface area contributed by atoms with Crippen LogP contribution < -0.4 is 4.90 Å². The van der Waals surface area contributed by atoms with Crippen LogP contribution in [0.15, 0.2) is 24.3 Å². The maximum atomic E-state index is 12.6. The molecule has 0 radical (unpaired) electrons. The number of anilines is 1. The van der Waals surface area contributed by atoms with E-state index in [4.69, 9.17) is 0 Å². The van der Waals surface area contributed by atoms with E-state index in [0.29, 0.717) is 5.41 Å². The fourth-order valence-corrected chi connectivity index (χ4v) is 4.05. The summed E-state index contributed by atoms with van der Waals surface area (Å²) in [6.07, 6.45) is 2.10. The van der Waals surface area contributed by atoms with Gasteiger partial charge in [-0.1, -0.05) is 13.3 Å². The SMILES string of the molecule is CC1CCC2(CCN(c3ccc(C(F)(F)F)cc3)CC2)C1. The predicted molar refractivity (Wildman–Crippen MR) is 78.3 cm³/mol. The van der Waals surface area contributed by atoms with Gasteiger partial charge in [0.25, 0.3) is 0 Å². The van der Waals surface area contributed by atoms with E-state index in [0.717, 1.165) is 24.7 Å². The van der Waals surface area contributed by atoms with Gasteiger partial charge in [-0.3, -0.25) is 0 Å². The summed E-state index contributed by atoms with van der Waals surface area (Å²) in [4.78, 5) is 2.23. The zero-order valence-electron chi connectivity index (χ0n) is 12.4. The first-order valence-electron chi connectivity index (χ1n) is 7.80. The molecule has 1 aliphatic carbocycles. The molecule has 21 heavy (non-hydrogen) atoms. The average molecular weight is 297 g/mol. The maximum Gasteiger partial charge on any atom is 0.416 e. The van der Waals surface area contributed by atoms with Gasteiger partial charge in [0.1, 0.15) is 0 Å². The van der Waals surface area contributed by atoms with Crippen LogP contribution in [0, 0.1) is 11.3 Å². The molecule has 1 heterocycles. The van der Waals surface area contributed by atoms with E-state index in [1.54, 1.807) is 12.1 Å². The van der Waals surface area contributed by atoms with Gasteiger partial charge in [-0.15, -0.1) is 0 Å². The monoisotopic (exact) mass is 297 g/mol. The summed E-state index contributed by atoms with van der Waals surface area (Å²) in [5.41, 5.74) is 0.871. The molecule has 2 aliphatic rings. The Morgan fingerprint density at radius 3 is 2.14 bits per heavy atom. The smallest absolute Gasteiger partial charge is 0.371 e. The highest BCUT2D eigenvalue weighted by molar-refractivity contribution is 5.48. The molecule has 0 bridgehead atoms. The predicted octanol–water partition coefficient (Wildman–Crippen LogP) is 5.11. The second kappa shape index (κ2) is 5.22. The van der Waals surface area contributed by atoms with Crippen molar-refractivity contribution in [1.29, 1.82) is 0 Å².